The Hall–Kier alpha value is -3.72. The van der Waals surface area contributed by atoms with Crippen molar-refractivity contribution in [2.75, 3.05) is 5.43 Å². The highest BCUT2D eigenvalue weighted by atomic mass is 16.2. The maximum Gasteiger partial charge on any atom is 0.305 e. The summed E-state index contributed by atoms with van der Waals surface area (Å²) in [5.74, 6) is -0.141. The summed E-state index contributed by atoms with van der Waals surface area (Å²) in [6.45, 7) is 0. The topological polar surface area (TPSA) is 33.0 Å². The molecule has 0 atom stereocenters. The lowest BCUT2D eigenvalue weighted by atomic mass is 9.88. The molecule has 0 saturated carbocycles. The summed E-state index contributed by atoms with van der Waals surface area (Å²) in [6.07, 6.45) is 1.88. The SMILES string of the molecule is O=C(N[n+]1ccccc1C(c1ccccc1)c1ccccc1)c1ccccc1. The summed E-state index contributed by atoms with van der Waals surface area (Å²) in [5.41, 5.74) is 6.98. The first-order chi connectivity index (χ1) is 13.8. The molecule has 0 aliphatic rings. The van der Waals surface area contributed by atoms with Gasteiger partial charge in [-0.3, -0.25) is 4.79 Å². The Morgan fingerprint density at radius 1 is 0.643 bits per heavy atom. The molecule has 1 heterocycles. The molecule has 0 fully saturated rings. The van der Waals surface area contributed by atoms with Gasteiger partial charge < -0.3 is 0 Å². The second kappa shape index (κ2) is 8.31. The average molecular weight is 365 g/mol. The summed E-state index contributed by atoms with van der Waals surface area (Å²) in [4.78, 5) is 12.7. The van der Waals surface area contributed by atoms with Gasteiger partial charge in [-0.1, -0.05) is 83.5 Å². The summed E-state index contributed by atoms with van der Waals surface area (Å²) < 4.78 is 1.82. The van der Waals surface area contributed by atoms with Gasteiger partial charge in [0.15, 0.2) is 6.20 Å². The number of hydrogen-bond acceptors (Lipinski definition) is 1. The molecule has 3 nitrogen and oxygen atoms in total. The van der Waals surface area contributed by atoms with Gasteiger partial charge in [-0.05, 0) is 29.3 Å². The molecule has 0 radical (unpaired) electrons. The van der Waals surface area contributed by atoms with Crippen molar-refractivity contribution in [3.05, 3.63) is 138 Å². The Morgan fingerprint density at radius 2 is 1.14 bits per heavy atom. The highest BCUT2D eigenvalue weighted by Crippen LogP contribution is 2.29. The van der Waals surface area contributed by atoms with Crippen LogP contribution in [-0.2, 0) is 0 Å². The monoisotopic (exact) mass is 365 g/mol. The van der Waals surface area contributed by atoms with E-state index in [1.807, 2.05) is 89.7 Å². The Kier molecular flexibility index (Phi) is 5.25. The van der Waals surface area contributed by atoms with Crippen LogP contribution in [0.15, 0.2) is 115 Å². The minimum absolute atomic E-state index is 0.000302. The van der Waals surface area contributed by atoms with Crippen LogP contribution in [0.2, 0.25) is 0 Å². The summed E-state index contributed by atoms with van der Waals surface area (Å²) in [7, 11) is 0. The largest absolute Gasteiger partial charge is 0.305 e. The van der Waals surface area contributed by atoms with Crippen molar-refractivity contribution < 1.29 is 9.47 Å². The average Bonchev–Trinajstić information content (AvgIpc) is 2.77. The molecule has 1 aromatic heterocycles. The smallest absolute Gasteiger partial charge is 0.264 e. The van der Waals surface area contributed by atoms with Crippen LogP contribution in [0.3, 0.4) is 0 Å². The van der Waals surface area contributed by atoms with Gasteiger partial charge in [-0.15, -0.1) is 5.43 Å². The third-order valence-corrected chi connectivity index (χ3v) is 4.71. The molecule has 1 N–H and O–H groups in total. The normalized spacial score (nSPS) is 10.6. The number of nitrogens with one attached hydrogen (secondary N) is 1. The van der Waals surface area contributed by atoms with Crippen LogP contribution in [-0.4, -0.2) is 5.91 Å². The van der Waals surface area contributed by atoms with Crippen molar-refractivity contribution in [1.82, 2.24) is 0 Å². The Morgan fingerprint density at radius 3 is 1.71 bits per heavy atom. The van der Waals surface area contributed by atoms with Crippen LogP contribution in [0.25, 0.3) is 0 Å². The molecular formula is C25H21N2O+. The molecule has 0 saturated heterocycles. The molecule has 28 heavy (non-hydrogen) atoms. The zero-order chi connectivity index (χ0) is 19.2. The number of hydrogen-bond donors (Lipinski definition) is 1. The first kappa shape index (κ1) is 17.7. The summed E-state index contributed by atoms with van der Waals surface area (Å²) in [6, 6.07) is 35.9. The minimum Gasteiger partial charge on any atom is -0.264 e. The van der Waals surface area contributed by atoms with Crippen molar-refractivity contribution in [2.24, 2.45) is 0 Å². The molecule has 0 aliphatic carbocycles. The van der Waals surface area contributed by atoms with Gasteiger partial charge in [-0.2, -0.15) is 0 Å². The molecule has 3 aromatic carbocycles. The predicted molar refractivity (Wildman–Crippen MR) is 111 cm³/mol. The van der Waals surface area contributed by atoms with Gasteiger partial charge >= 0.3 is 5.91 Å². The summed E-state index contributed by atoms with van der Waals surface area (Å²) >= 11 is 0. The first-order valence-electron chi connectivity index (χ1n) is 9.30. The van der Waals surface area contributed by atoms with Crippen molar-refractivity contribution in [3.8, 4) is 0 Å². The van der Waals surface area contributed by atoms with Crippen LogP contribution in [0.4, 0.5) is 0 Å². The number of nitrogens with zero attached hydrogens (tertiary/aromatic N) is 1. The van der Waals surface area contributed by atoms with E-state index in [9.17, 15) is 4.79 Å². The van der Waals surface area contributed by atoms with Gasteiger partial charge in [0, 0.05) is 17.7 Å². The fourth-order valence-corrected chi connectivity index (χ4v) is 3.38. The summed E-state index contributed by atoms with van der Waals surface area (Å²) in [5, 5.41) is 0. The number of benzene rings is 3. The van der Waals surface area contributed by atoms with E-state index in [1.165, 1.54) is 11.1 Å². The Balaban J connectivity index is 1.77. The van der Waals surface area contributed by atoms with Crippen molar-refractivity contribution in [3.63, 3.8) is 0 Å². The molecule has 0 unspecified atom stereocenters. The number of carbonyl (C=O) groups excluding carboxylic acids is 1. The van der Waals surface area contributed by atoms with Gasteiger partial charge in [-0.25, -0.2) is 0 Å². The molecule has 1 amide bonds. The molecule has 3 heteroatoms. The van der Waals surface area contributed by atoms with E-state index < -0.39 is 0 Å². The standard InChI is InChI=1S/C25H20N2O/c28-25(22-16-8-3-9-17-22)26-27-19-11-10-18-23(27)24(20-12-4-1-5-13-20)21-14-6-2-7-15-21/h1-19,24H/p+1. The van der Waals surface area contributed by atoms with Crippen LogP contribution >= 0.6 is 0 Å². The molecule has 0 aliphatic heterocycles. The van der Waals surface area contributed by atoms with E-state index in [0.717, 1.165) is 5.69 Å². The second-order valence-corrected chi connectivity index (χ2v) is 6.56. The lowest BCUT2D eigenvalue weighted by molar-refractivity contribution is -0.649. The molecule has 0 spiro atoms. The first-order valence-corrected chi connectivity index (χ1v) is 9.30. The van der Waals surface area contributed by atoms with Crippen LogP contribution in [0.5, 0.6) is 0 Å². The van der Waals surface area contributed by atoms with E-state index >= 15 is 0 Å². The number of rotatable bonds is 5. The third-order valence-electron chi connectivity index (χ3n) is 4.71. The van der Waals surface area contributed by atoms with E-state index in [1.54, 1.807) is 0 Å². The van der Waals surface area contributed by atoms with Crippen LogP contribution in [0.1, 0.15) is 33.1 Å². The highest BCUT2D eigenvalue weighted by Gasteiger charge is 2.27. The fourth-order valence-electron chi connectivity index (χ4n) is 3.38. The van der Waals surface area contributed by atoms with Crippen molar-refractivity contribution in [1.29, 1.82) is 0 Å². The molecule has 4 rings (SSSR count). The lowest BCUT2D eigenvalue weighted by Crippen LogP contribution is -2.52. The van der Waals surface area contributed by atoms with Crippen LogP contribution in [0, 0.1) is 0 Å². The van der Waals surface area contributed by atoms with Gasteiger partial charge in [0.2, 0.25) is 5.69 Å². The predicted octanol–water partition coefficient (Wildman–Crippen LogP) is 4.54. The molecule has 136 valence electrons. The zero-order valence-corrected chi connectivity index (χ0v) is 15.4. The minimum atomic E-state index is -0.141. The molecular weight excluding hydrogens is 344 g/mol. The van der Waals surface area contributed by atoms with Gasteiger partial charge in [0.1, 0.15) is 0 Å². The number of aromatic nitrogens is 1. The van der Waals surface area contributed by atoms with Gasteiger partial charge in [0.05, 0.1) is 5.92 Å². The quantitative estimate of drug-likeness (QED) is 0.518. The van der Waals surface area contributed by atoms with E-state index in [2.05, 4.69) is 35.8 Å². The Bertz CT molecular complexity index is 1010. The highest BCUT2D eigenvalue weighted by molar-refractivity contribution is 5.98. The van der Waals surface area contributed by atoms with Gasteiger partial charge in [0.25, 0.3) is 0 Å². The third kappa shape index (κ3) is 3.84. The number of amides is 1. The number of pyridine rings is 1. The van der Waals surface area contributed by atoms with E-state index in [4.69, 9.17) is 0 Å². The molecule has 4 aromatic rings. The molecule has 0 bridgehead atoms. The lowest BCUT2D eigenvalue weighted by Gasteiger charge is -2.16. The van der Waals surface area contributed by atoms with E-state index in [0.29, 0.717) is 5.56 Å². The second-order valence-electron chi connectivity index (χ2n) is 6.56. The van der Waals surface area contributed by atoms with Crippen molar-refractivity contribution in [2.45, 2.75) is 5.92 Å². The zero-order valence-electron chi connectivity index (χ0n) is 15.4. The van der Waals surface area contributed by atoms with Crippen LogP contribution < -0.4 is 10.1 Å². The Labute approximate surface area is 164 Å². The van der Waals surface area contributed by atoms with E-state index in [-0.39, 0.29) is 11.8 Å². The number of carbonyl (C=O) groups is 1. The maximum absolute atomic E-state index is 12.7. The maximum atomic E-state index is 12.7. The fraction of sp³-hybridized carbons (Fsp3) is 0.0400. The van der Waals surface area contributed by atoms with Crippen molar-refractivity contribution >= 4 is 5.91 Å².